The molecule has 19 nitrogen and oxygen atoms in total. The van der Waals surface area contributed by atoms with Crippen molar-refractivity contribution in [2.24, 2.45) is 22.9 Å². The average Bonchev–Trinajstić information content (AvgIpc) is 3.98. The van der Waals surface area contributed by atoms with Crippen molar-refractivity contribution in [2.45, 2.75) is 204 Å². The van der Waals surface area contributed by atoms with Crippen molar-refractivity contribution >= 4 is 11.7 Å². The summed E-state index contributed by atoms with van der Waals surface area (Å²) in [6.45, 7) is 18.7. The van der Waals surface area contributed by atoms with Crippen molar-refractivity contribution in [3.05, 3.63) is 47.3 Å². The van der Waals surface area contributed by atoms with Gasteiger partial charge < -0.3 is 74.0 Å². The SMILES string of the molecule is CC[C@H]1OC(=O)[C@H](C)[C@@H](O[C@H]2C[C@@](C)(OC)[C@@H](O)[C@H](C)O2)[C@H](C)[C@@H](O[C@@H]2O[C@H](C)C[C@H](N(C)CCC3=CN(C[C@H]4CC(c5cc(F)cc(F)c5)=NO4)NN3)[C@H]2O)[C@](C)(O)C[C@@H](C)CN(C)[C@H](C)[C@@H](O)[C@]1(C)O. The minimum Gasteiger partial charge on any atom is -0.459 e. The lowest BCUT2D eigenvalue weighted by Gasteiger charge is -2.49. The lowest BCUT2D eigenvalue weighted by molar-refractivity contribution is -0.318. The van der Waals surface area contributed by atoms with Gasteiger partial charge in [0.2, 0.25) is 0 Å². The van der Waals surface area contributed by atoms with Crippen LogP contribution in [0.4, 0.5) is 8.78 Å². The van der Waals surface area contributed by atoms with E-state index in [1.54, 1.807) is 48.5 Å². The summed E-state index contributed by atoms with van der Waals surface area (Å²) in [5.41, 5.74) is 3.37. The lowest BCUT2D eigenvalue weighted by Crippen LogP contribution is -2.61. The number of carbonyl (C=O) groups is 1. The van der Waals surface area contributed by atoms with Crippen LogP contribution >= 0.6 is 0 Å². The number of likely N-dealkylation sites (N-methyl/N-ethyl adjacent to an activating group) is 2. The largest absolute Gasteiger partial charge is 0.459 e. The van der Waals surface area contributed by atoms with Crippen LogP contribution in [0.15, 0.2) is 35.3 Å². The fraction of sp³-hybridized carbons (Fsp3) is 0.804. The normalized spacial score (nSPS) is 42.0. The van der Waals surface area contributed by atoms with Gasteiger partial charge in [-0.3, -0.25) is 9.80 Å². The molecule has 1 aromatic rings. The number of hydrazine groups is 2. The van der Waals surface area contributed by atoms with Gasteiger partial charge in [0.25, 0.3) is 0 Å². The number of cyclic esters (lactones) is 1. The van der Waals surface area contributed by atoms with Crippen LogP contribution in [0.2, 0.25) is 0 Å². The topological polar surface area (TPSA) is 229 Å². The Bertz CT molecular complexity index is 2020. The third-order valence-corrected chi connectivity index (χ3v) is 15.8. The first-order chi connectivity index (χ1) is 33.7. The zero-order valence-electron chi connectivity index (χ0n) is 44.5. The van der Waals surface area contributed by atoms with Crippen molar-refractivity contribution in [1.29, 1.82) is 0 Å². The lowest BCUT2D eigenvalue weighted by atomic mass is 9.77. The summed E-state index contributed by atoms with van der Waals surface area (Å²) in [6.07, 6.45) is -6.84. The predicted molar refractivity (Wildman–Crippen MR) is 261 cm³/mol. The molecule has 0 unspecified atom stereocenters. The van der Waals surface area contributed by atoms with E-state index in [-0.39, 0.29) is 37.4 Å². The Morgan fingerprint density at radius 1 is 0.972 bits per heavy atom. The number of oxime groups is 1. The first-order valence-corrected chi connectivity index (χ1v) is 25.6. The number of esters is 1. The van der Waals surface area contributed by atoms with Crippen LogP contribution in [0, 0.1) is 29.4 Å². The molecule has 5 aliphatic rings. The Balaban J connectivity index is 1.22. The van der Waals surface area contributed by atoms with Gasteiger partial charge in [-0.05, 0) is 99.9 Å². The third kappa shape index (κ3) is 13.4. The van der Waals surface area contributed by atoms with Gasteiger partial charge in [0.05, 0.1) is 53.8 Å². The number of hydrogen-bond donors (Lipinski definition) is 7. The highest BCUT2D eigenvalue weighted by atomic mass is 19.1. The summed E-state index contributed by atoms with van der Waals surface area (Å²) in [6, 6.07) is 2.23. The van der Waals surface area contributed by atoms with Crippen LogP contribution in [-0.2, 0) is 38.1 Å². The smallest absolute Gasteiger partial charge is 0.311 e. The van der Waals surface area contributed by atoms with Gasteiger partial charge in [0.15, 0.2) is 18.7 Å². The molecule has 3 saturated heterocycles. The highest BCUT2D eigenvalue weighted by Crippen LogP contribution is 2.40. The summed E-state index contributed by atoms with van der Waals surface area (Å²) < 4.78 is 66.0. The molecule has 0 radical (unpaired) electrons. The second-order valence-corrected chi connectivity index (χ2v) is 22.1. The van der Waals surface area contributed by atoms with E-state index in [0.29, 0.717) is 50.2 Å². The number of halogens is 2. The van der Waals surface area contributed by atoms with E-state index >= 15 is 0 Å². The van der Waals surface area contributed by atoms with Crippen molar-refractivity contribution in [1.82, 2.24) is 25.8 Å². The quantitative estimate of drug-likeness (QED) is 0.141. The number of aliphatic hydroxyl groups is 5. The van der Waals surface area contributed by atoms with Gasteiger partial charge in [0, 0.05) is 81.0 Å². The Morgan fingerprint density at radius 2 is 1.65 bits per heavy atom. The maximum absolute atomic E-state index is 14.5. The molecule has 21 heteroatoms. The Morgan fingerprint density at radius 3 is 2.31 bits per heavy atom. The molecular weight excluding hydrogens is 943 g/mol. The van der Waals surface area contributed by atoms with E-state index in [1.165, 1.54) is 26.2 Å². The van der Waals surface area contributed by atoms with Gasteiger partial charge in [-0.1, -0.05) is 25.9 Å². The highest BCUT2D eigenvalue weighted by molar-refractivity contribution is 6.01. The minimum atomic E-state index is -1.85. The molecule has 72 heavy (non-hydrogen) atoms. The first kappa shape index (κ1) is 58.1. The molecule has 7 N–H and O–H groups in total. The molecule has 1 aromatic carbocycles. The van der Waals surface area contributed by atoms with E-state index in [2.05, 4.69) is 16.1 Å². The van der Waals surface area contributed by atoms with Gasteiger partial charge >= 0.3 is 5.97 Å². The predicted octanol–water partition coefficient (Wildman–Crippen LogP) is 3.30. The number of nitrogens with one attached hydrogen (secondary N) is 2. The van der Waals surface area contributed by atoms with E-state index in [0.717, 1.165) is 11.8 Å². The molecule has 0 aromatic heterocycles. The molecule has 0 amide bonds. The first-order valence-electron chi connectivity index (χ1n) is 25.6. The number of carbonyl (C=O) groups excluding carboxylic acids is 1. The summed E-state index contributed by atoms with van der Waals surface area (Å²) in [5.74, 6) is -4.22. The van der Waals surface area contributed by atoms with Crippen LogP contribution in [0.3, 0.4) is 0 Å². The van der Waals surface area contributed by atoms with Crippen LogP contribution in [-0.4, -0.2) is 189 Å². The third-order valence-electron chi connectivity index (χ3n) is 15.8. The summed E-state index contributed by atoms with van der Waals surface area (Å²) in [7, 11) is 5.24. The number of ether oxygens (including phenoxy) is 6. The standard InChI is InChI=1S/C51H84F2N6O13/c1-14-40-51(10,65)44(61)31(6)58(12)24-27(2)22-49(8,64)46(29(4)43(30(5)47(63)69-40)70-41-23-50(9,66-13)45(62)32(7)68-41)71-48-42(60)39(17-28(3)67-48)57(11)16-15-36-25-59(56-54-36)26-37-21-38(55-72-37)33-18-34(52)20-35(53)19-33/h18-20,25,27-32,37,39-46,48,54,56,60-62,64-65H,14-17,21-24,26H2,1-13H3/t27-,28-,29+,30-,31-,32+,37-,39+,40-,41+,42-,43+,44-,45+,46-,48+,49-,50-,51-/m1/s1. The molecular formula is C51H84F2N6O13. The number of methoxy groups -OCH3 is 1. The van der Waals surface area contributed by atoms with Crippen LogP contribution in [0.25, 0.3) is 0 Å². The van der Waals surface area contributed by atoms with Crippen molar-refractivity contribution in [2.75, 3.05) is 40.8 Å². The van der Waals surface area contributed by atoms with Crippen LogP contribution < -0.4 is 11.0 Å². The molecule has 0 bridgehead atoms. The molecule has 0 aliphatic carbocycles. The fourth-order valence-corrected chi connectivity index (χ4v) is 11.4. The van der Waals surface area contributed by atoms with Crippen molar-refractivity contribution in [3.8, 4) is 0 Å². The Labute approximate surface area is 424 Å². The molecule has 5 aliphatic heterocycles. The van der Waals surface area contributed by atoms with Crippen LogP contribution in [0.1, 0.15) is 113 Å². The fourth-order valence-electron chi connectivity index (χ4n) is 11.4. The van der Waals surface area contributed by atoms with E-state index in [9.17, 15) is 39.1 Å². The Kier molecular flexibility index (Phi) is 19.2. The molecule has 0 saturated carbocycles. The van der Waals surface area contributed by atoms with Gasteiger partial charge in [-0.25, -0.2) is 8.78 Å². The molecule has 410 valence electrons. The number of rotatable bonds is 13. The zero-order chi connectivity index (χ0) is 53.2. The highest BCUT2D eigenvalue weighted by Gasteiger charge is 2.53. The zero-order valence-corrected chi connectivity index (χ0v) is 44.5. The summed E-state index contributed by atoms with van der Waals surface area (Å²) in [5, 5.41) is 65.6. The number of aliphatic hydroxyl groups excluding tert-OH is 3. The maximum atomic E-state index is 14.5. The van der Waals surface area contributed by atoms with Crippen molar-refractivity contribution < 1.29 is 72.4 Å². The minimum absolute atomic E-state index is 0.0875. The number of benzene rings is 1. The van der Waals surface area contributed by atoms with Gasteiger partial charge in [-0.15, -0.1) is 5.53 Å². The van der Waals surface area contributed by atoms with Crippen molar-refractivity contribution in [3.63, 3.8) is 0 Å². The van der Waals surface area contributed by atoms with Gasteiger partial charge in [-0.2, -0.15) is 0 Å². The molecule has 19 atom stereocenters. The number of nitrogens with zero attached hydrogens (tertiary/aromatic N) is 4. The Hall–Kier alpha value is -3.16. The second-order valence-electron chi connectivity index (χ2n) is 22.1. The van der Waals surface area contributed by atoms with E-state index in [1.807, 2.05) is 49.0 Å². The molecule has 3 fully saturated rings. The second kappa shape index (κ2) is 23.8. The average molecular weight is 1030 g/mol. The molecule has 5 heterocycles. The van der Waals surface area contributed by atoms with Crippen LogP contribution in [0.5, 0.6) is 0 Å². The molecule has 0 spiro atoms. The number of hydrogen-bond acceptors (Lipinski definition) is 19. The maximum Gasteiger partial charge on any atom is 0.311 e. The van der Waals surface area contributed by atoms with E-state index < -0.39 is 114 Å². The monoisotopic (exact) mass is 1030 g/mol. The summed E-state index contributed by atoms with van der Waals surface area (Å²) >= 11 is 0. The molecule has 6 rings (SSSR count). The van der Waals surface area contributed by atoms with E-state index in [4.69, 9.17) is 33.3 Å². The van der Waals surface area contributed by atoms with Gasteiger partial charge in [0.1, 0.15) is 41.7 Å². The summed E-state index contributed by atoms with van der Waals surface area (Å²) in [4.78, 5) is 24.0.